The molecule has 46 nitrogen and oxygen atoms in total. The van der Waals surface area contributed by atoms with Crippen LogP contribution in [-0.4, -0.2) is 294 Å². The smallest absolute Gasteiger partial charge is 0.408 e. The monoisotopic (exact) mass is 2010 g/mol. The third kappa shape index (κ3) is 42.0. The number of amides is 6. The second-order valence-electron chi connectivity index (χ2n) is 36.0. The molecule has 10 rings (SSSR count). The Morgan fingerprint density at radius 3 is 1.16 bits per heavy atom. The lowest BCUT2D eigenvalue weighted by Gasteiger charge is -2.38. The lowest BCUT2D eigenvalue weighted by Crippen LogP contribution is -2.59. The molecule has 0 saturated carbocycles. The van der Waals surface area contributed by atoms with Gasteiger partial charge in [0.05, 0.1) is 53.8 Å². The fraction of sp³-hybridized carbons (Fsp3) is 0.526. The van der Waals surface area contributed by atoms with Gasteiger partial charge in [-0.1, -0.05) is 110 Å². The van der Waals surface area contributed by atoms with Crippen molar-refractivity contribution >= 4 is 108 Å². The minimum atomic E-state index is -1.68. The lowest BCUT2D eigenvalue weighted by molar-refractivity contribution is -0.162. The van der Waals surface area contributed by atoms with Crippen LogP contribution < -0.4 is 26.6 Å². The van der Waals surface area contributed by atoms with Crippen LogP contribution in [0.2, 0.25) is 0 Å². The molecule has 2 unspecified atom stereocenters. The summed E-state index contributed by atoms with van der Waals surface area (Å²) >= 11 is 0. The second-order valence-corrected chi connectivity index (χ2v) is 36.0. The summed E-state index contributed by atoms with van der Waals surface area (Å²) in [5, 5.41) is 39.0. The molecular formula is C97H129N9O37. The number of aliphatic hydroxyl groups excluding tert-OH is 2. The number of alkyl carbamates (subject to hydrolysis) is 4. The second kappa shape index (κ2) is 58.0. The maximum atomic E-state index is 12.9. The first-order valence-electron chi connectivity index (χ1n) is 45.3. The first kappa shape index (κ1) is 119. The molecule has 46 heteroatoms. The zero-order valence-corrected chi connectivity index (χ0v) is 83.1. The summed E-state index contributed by atoms with van der Waals surface area (Å²) < 4.78 is 79.9. The van der Waals surface area contributed by atoms with E-state index in [0.717, 1.165) is 16.7 Å². The Kier molecular flexibility index (Phi) is 48.2. The van der Waals surface area contributed by atoms with Gasteiger partial charge >= 0.3 is 96.0 Å². The van der Waals surface area contributed by atoms with E-state index in [1.54, 1.807) is 139 Å². The maximum Gasteiger partial charge on any atom is 0.408 e. The maximum absolute atomic E-state index is 12.9. The highest BCUT2D eigenvalue weighted by Gasteiger charge is 2.49. The molecule has 6 amide bonds. The van der Waals surface area contributed by atoms with E-state index in [4.69, 9.17) is 81.6 Å². The summed E-state index contributed by atoms with van der Waals surface area (Å²) in [6.07, 6.45) is -0.170. The molecule has 2 aromatic heterocycles. The van der Waals surface area contributed by atoms with E-state index < -0.39 is 217 Å². The van der Waals surface area contributed by atoms with E-state index in [1.165, 1.54) is 81.7 Å². The Bertz CT molecular complexity index is 5100. The summed E-state index contributed by atoms with van der Waals surface area (Å²) in [5.74, 6) is -8.90. The van der Waals surface area contributed by atoms with E-state index in [1.807, 2.05) is 42.5 Å². The predicted molar refractivity (Wildman–Crippen MR) is 496 cm³/mol. The highest BCUT2D eigenvalue weighted by molar-refractivity contribution is 5.96. The topological polar surface area (TPSA) is 608 Å². The van der Waals surface area contributed by atoms with Crippen LogP contribution in [0.3, 0.4) is 0 Å². The SMILES string of the molecule is CC(C)(C)OC(=O)N[C@@H](CO)C(=O)OCc1ccccc1.COC(=O)C1CCC[C@H](C(=O)OC[C@H](NC(=O)OC(C)(C)C)C(=O)OCc2ccccc2)N1.COC(=O)[C@@H]1CCC[C@@H]2C(=O)OCC(NC(=O)OC(C)(C)C)C(=O)N21.COC(=O)[C@@H]1CCC[C@@H]2C(=O)OC[C@H](C)C(=O)N21.COC(=O)c1cccc(C(=O)OC[C@H](NC(=O)OC(C)(C)C)C(=O)OCc2ccccc2)n1.COC(=O)c1cccc(C(O)O)n1. The summed E-state index contributed by atoms with van der Waals surface area (Å²) in [4.78, 5) is 227. The van der Waals surface area contributed by atoms with Gasteiger partial charge in [0.2, 0.25) is 11.8 Å². The fourth-order valence-electron chi connectivity index (χ4n) is 13.4. The normalized spacial score (nSPS) is 18.6. The van der Waals surface area contributed by atoms with Gasteiger partial charge in [0.1, 0.15) is 128 Å². The van der Waals surface area contributed by atoms with Gasteiger partial charge in [0.25, 0.3) is 0 Å². The Morgan fingerprint density at radius 2 is 0.762 bits per heavy atom. The highest BCUT2D eigenvalue weighted by Crippen LogP contribution is 2.31. The number of nitrogens with one attached hydrogen (secondary N) is 5. The molecule has 11 atom stereocenters. The first-order chi connectivity index (χ1) is 67.3. The summed E-state index contributed by atoms with van der Waals surface area (Å²) in [6, 6.07) is 26.3. The van der Waals surface area contributed by atoms with Crippen molar-refractivity contribution in [3.8, 4) is 0 Å². The number of methoxy groups -OCH3 is 5. The van der Waals surface area contributed by atoms with E-state index in [2.05, 4.69) is 46.0 Å². The average molecular weight is 2010 g/mol. The summed E-state index contributed by atoms with van der Waals surface area (Å²) in [7, 11) is 6.20. The molecule has 0 spiro atoms. The molecule has 5 aliphatic rings. The van der Waals surface area contributed by atoms with Crippen molar-refractivity contribution in [1.29, 1.82) is 0 Å². The van der Waals surface area contributed by atoms with Gasteiger partial charge in [-0.25, -0.2) is 77.1 Å². The van der Waals surface area contributed by atoms with E-state index >= 15 is 0 Å². The molecule has 143 heavy (non-hydrogen) atoms. The van der Waals surface area contributed by atoms with E-state index in [9.17, 15) is 86.3 Å². The molecule has 8 N–H and O–H groups in total. The van der Waals surface area contributed by atoms with Gasteiger partial charge in [0, 0.05) is 0 Å². The van der Waals surface area contributed by atoms with Crippen LogP contribution in [0.25, 0.3) is 0 Å². The Morgan fingerprint density at radius 1 is 0.406 bits per heavy atom. The van der Waals surface area contributed by atoms with Gasteiger partial charge in [-0.05, 0) is 182 Å². The molecule has 784 valence electrons. The number of ether oxygens (including phenoxy) is 16. The average Bonchev–Trinajstić information content (AvgIpc) is 1.72. The van der Waals surface area contributed by atoms with Crippen LogP contribution in [-0.2, 0) is 148 Å². The van der Waals surface area contributed by atoms with Gasteiger partial charge < -0.3 is 122 Å². The molecule has 5 aromatic rings. The number of benzene rings is 3. The Labute approximate surface area is 826 Å². The fourth-order valence-corrected chi connectivity index (χ4v) is 13.4. The van der Waals surface area contributed by atoms with Crippen LogP contribution >= 0.6 is 0 Å². The zero-order chi connectivity index (χ0) is 107. The quantitative estimate of drug-likeness (QED) is 0.0168. The highest BCUT2D eigenvalue weighted by atomic mass is 16.6. The van der Waals surface area contributed by atoms with Crippen molar-refractivity contribution in [2.24, 2.45) is 5.92 Å². The number of nitrogens with zero attached hydrogens (tertiary/aromatic N) is 4. The van der Waals surface area contributed by atoms with E-state index in [0.29, 0.717) is 57.8 Å². The molecule has 5 aliphatic heterocycles. The number of aromatic nitrogens is 2. The van der Waals surface area contributed by atoms with Crippen LogP contribution in [0.15, 0.2) is 127 Å². The molecule has 0 bridgehead atoms. The lowest BCUT2D eigenvalue weighted by atomic mass is 9.94. The van der Waals surface area contributed by atoms with E-state index in [-0.39, 0.29) is 61.7 Å². The third-order valence-corrected chi connectivity index (χ3v) is 20.0. The van der Waals surface area contributed by atoms with Gasteiger partial charge in [0.15, 0.2) is 24.4 Å². The van der Waals surface area contributed by atoms with Crippen molar-refractivity contribution in [2.45, 2.75) is 257 Å². The van der Waals surface area contributed by atoms with Crippen molar-refractivity contribution in [1.82, 2.24) is 46.4 Å². The van der Waals surface area contributed by atoms with Crippen LogP contribution in [0.1, 0.15) is 208 Å². The molecule has 5 fully saturated rings. The number of hydrogen-bond donors (Lipinski definition) is 8. The molecular weight excluding hydrogens is 1880 g/mol. The minimum absolute atomic E-state index is 0.00882. The number of pyridine rings is 2. The standard InChI is InChI=1S/C23H32N2O8.C23H26N2O8.C16H24N2O7.C15H21NO5.C12H17NO5.C8H9NO4/c2*1-23(2,3)33-22(29)25-18(21(28)31-13-15-9-6-5-7-10-15)14-32-20(27)17-12-8-11-16(24-17)19(26)30-4;1-16(2,3)25-15(22)17-9-8-24-14(21)11-7-5-6-10(13(20)23-4)18(11)12(9)19;1-15(2,3)21-14(19)16-12(9-17)13(18)20-10-11-7-5-4-6-8-11;1-7-6-18-12(16)9-5-3-4-8(11(15)17-2)13(9)10(7)14;1-13-8(12)6-4-2-3-5(9-6)7(10)11/h5-7,9-10,16-18,24H,8,11-14H2,1-4H3,(H,25,29);5-12,18H,13-14H2,1-4H3,(H,25,29);9-11H,5-8H2,1-4H3,(H,17,22);4-8,12,17H,9-10H2,1-3H3,(H,16,19);7-9H,3-6H2,1-2H3;2-4,7,10-11H,1H3/t16?,17-,18+;18-;9?,10-,11+;12-;7-,8-,9+;/m10000./s1. The van der Waals surface area contributed by atoms with Crippen molar-refractivity contribution < 1.29 is 177 Å². The van der Waals surface area contributed by atoms with Gasteiger partial charge in [-0.15, -0.1) is 0 Å². The predicted octanol–water partition coefficient (Wildman–Crippen LogP) is 6.44. The Balaban J connectivity index is 0.000000309. The molecule has 3 aromatic carbocycles. The van der Waals surface area contributed by atoms with Crippen LogP contribution in [0.5, 0.6) is 0 Å². The number of carbonyl (C=O) groups is 18. The molecule has 5 saturated heterocycles. The number of cyclic esters (lactones) is 2. The number of carbonyl (C=O) groups excluding carboxylic acids is 18. The van der Waals surface area contributed by atoms with Crippen molar-refractivity contribution in [3.63, 3.8) is 0 Å². The number of aliphatic hydroxyl groups is 3. The van der Waals surface area contributed by atoms with Crippen LogP contribution in [0, 0.1) is 5.92 Å². The number of hydrogen-bond acceptors (Lipinski definition) is 40. The third-order valence-electron chi connectivity index (χ3n) is 20.0. The van der Waals surface area contributed by atoms with Gasteiger partial charge in [-0.3, -0.25) is 24.5 Å². The number of rotatable bonds is 26. The largest absolute Gasteiger partial charge is 0.468 e. The zero-order valence-electron chi connectivity index (χ0n) is 83.1. The Hall–Kier alpha value is -14.5. The number of esters is 12. The number of fused-ring (bicyclic) bond motifs is 2. The molecule has 7 heterocycles. The van der Waals surface area contributed by atoms with Crippen molar-refractivity contribution in [2.75, 3.05) is 68.6 Å². The van der Waals surface area contributed by atoms with Crippen molar-refractivity contribution in [3.05, 3.63) is 167 Å². The summed E-state index contributed by atoms with van der Waals surface area (Å²) in [5.41, 5.74) is -0.887. The van der Waals surface area contributed by atoms with Gasteiger partial charge in [-0.2, -0.15) is 0 Å². The first-order valence-corrected chi connectivity index (χ1v) is 45.3. The number of piperidine rings is 3. The minimum Gasteiger partial charge on any atom is -0.468 e. The summed E-state index contributed by atoms with van der Waals surface area (Å²) in [6.45, 7) is 20.1. The molecule has 0 radical (unpaired) electrons. The van der Waals surface area contributed by atoms with Crippen LogP contribution in [0.4, 0.5) is 19.2 Å². The molecule has 0 aliphatic carbocycles.